The Morgan fingerprint density at radius 1 is 1.32 bits per heavy atom. The molecular weight excluding hydrogens is 278 g/mol. The lowest BCUT2D eigenvalue weighted by molar-refractivity contribution is -0.125. The van der Waals surface area contributed by atoms with Gasteiger partial charge in [-0.2, -0.15) is 0 Å². The first-order valence-electron chi connectivity index (χ1n) is 7.86. The number of nitrogens with one attached hydrogen (secondary N) is 3. The first kappa shape index (κ1) is 16.5. The molecule has 1 aliphatic carbocycles. The molecule has 1 heterocycles. The number of carbonyl (C=O) groups excluding carboxylic acids is 2. The van der Waals surface area contributed by atoms with Crippen molar-refractivity contribution in [2.75, 3.05) is 6.54 Å². The molecule has 1 aliphatic heterocycles. The maximum absolute atomic E-state index is 12.1. The van der Waals surface area contributed by atoms with Crippen molar-refractivity contribution in [3.05, 3.63) is 36.5 Å². The van der Waals surface area contributed by atoms with Gasteiger partial charge in [0.1, 0.15) is 5.54 Å². The van der Waals surface area contributed by atoms with Crippen LogP contribution >= 0.6 is 0 Å². The summed E-state index contributed by atoms with van der Waals surface area (Å²) in [5.41, 5.74) is 0.326. The molecule has 22 heavy (non-hydrogen) atoms. The fourth-order valence-electron chi connectivity index (χ4n) is 3.59. The molecule has 0 unspecified atom stereocenters. The van der Waals surface area contributed by atoms with E-state index >= 15 is 0 Å². The third-order valence-electron chi connectivity index (χ3n) is 4.76. The highest BCUT2D eigenvalue weighted by molar-refractivity contribution is 6.07. The van der Waals surface area contributed by atoms with Crippen LogP contribution in [0.15, 0.2) is 36.5 Å². The minimum atomic E-state index is -0.725. The zero-order chi connectivity index (χ0) is 16.2. The van der Waals surface area contributed by atoms with Gasteiger partial charge in [-0.25, -0.2) is 4.79 Å². The van der Waals surface area contributed by atoms with Gasteiger partial charge in [0.2, 0.25) is 0 Å². The van der Waals surface area contributed by atoms with E-state index in [4.69, 9.17) is 0 Å². The molecule has 1 spiro atoms. The molecule has 0 bridgehead atoms. The van der Waals surface area contributed by atoms with E-state index in [0.717, 1.165) is 19.4 Å². The first-order valence-corrected chi connectivity index (χ1v) is 7.86. The van der Waals surface area contributed by atoms with E-state index in [1.165, 1.54) is 5.57 Å². The highest BCUT2D eigenvalue weighted by Crippen LogP contribution is 2.40. The van der Waals surface area contributed by atoms with Crippen molar-refractivity contribution in [3.63, 3.8) is 0 Å². The van der Waals surface area contributed by atoms with Crippen molar-refractivity contribution in [1.82, 2.24) is 16.0 Å². The lowest BCUT2D eigenvalue weighted by Crippen LogP contribution is -2.58. The van der Waals surface area contributed by atoms with Gasteiger partial charge in [-0.15, -0.1) is 0 Å². The highest BCUT2D eigenvalue weighted by atomic mass is 16.2. The minimum Gasteiger partial charge on any atom is -0.323 e. The summed E-state index contributed by atoms with van der Waals surface area (Å²) < 4.78 is 0. The molecule has 2 aliphatic rings. The molecule has 5 nitrogen and oxygen atoms in total. The van der Waals surface area contributed by atoms with E-state index in [1.54, 1.807) is 6.08 Å². The summed E-state index contributed by atoms with van der Waals surface area (Å²) >= 11 is 0. The molecule has 0 radical (unpaired) electrons. The molecule has 5 heteroatoms. The second-order valence-corrected chi connectivity index (χ2v) is 5.94. The molecule has 1 saturated carbocycles. The van der Waals surface area contributed by atoms with Crippen molar-refractivity contribution in [3.8, 4) is 0 Å². The Bertz CT molecular complexity index is 526. The van der Waals surface area contributed by atoms with Gasteiger partial charge in [0.15, 0.2) is 0 Å². The van der Waals surface area contributed by atoms with E-state index < -0.39 is 5.54 Å². The molecule has 0 aromatic carbocycles. The molecule has 120 valence electrons. The number of allylic oxidation sites excluding steroid dienone is 3. The highest BCUT2D eigenvalue weighted by Gasteiger charge is 2.51. The lowest BCUT2D eigenvalue weighted by atomic mass is 9.68. The van der Waals surface area contributed by atoms with Gasteiger partial charge in [-0.05, 0) is 44.7 Å². The van der Waals surface area contributed by atoms with Crippen molar-refractivity contribution < 1.29 is 9.59 Å². The molecule has 3 amide bonds. The second-order valence-electron chi connectivity index (χ2n) is 5.94. The monoisotopic (exact) mass is 303 g/mol. The maximum atomic E-state index is 12.1. The zero-order valence-corrected chi connectivity index (χ0v) is 13.4. The Labute approximate surface area is 131 Å². The maximum Gasteiger partial charge on any atom is 0.322 e. The summed E-state index contributed by atoms with van der Waals surface area (Å²) in [5, 5.41) is 8.77. The second kappa shape index (κ2) is 6.48. The molecule has 2 rings (SSSR count). The van der Waals surface area contributed by atoms with Gasteiger partial charge >= 0.3 is 6.03 Å². The minimum absolute atomic E-state index is 0.151. The van der Waals surface area contributed by atoms with E-state index in [-0.39, 0.29) is 17.5 Å². The average molecular weight is 303 g/mol. The molecule has 0 aromatic rings. The van der Waals surface area contributed by atoms with Crippen LogP contribution in [-0.2, 0) is 4.79 Å². The molecule has 0 atom stereocenters. The average Bonchev–Trinajstić information content (AvgIpc) is 2.77. The van der Waals surface area contributed by atoms with E-state index in [2.05, 4.69) is 41.6 Å². The zero-order valence-electron chi connectivity index (χ0n) is 13.4. The Morgan fingerprint density at radius 3 is 2.45 bits per heavy atom. The van der Waals surface area contributed by atoms with Crippen LogP contribution in [0.4, 0.5) is 4.79 Å². The van der Waals surface area contributed by atoms with Crippen LogP contribution in [0.3, 0.4) is 0 Å². The van der Waals surface area contributed by atoms with Crippen LogP contribution in [0, 0.1) is 0 Å². The van der Waals surface area contributed by atoms with Crippen LogP contribution in [0.1, 0.15) is 39.5 Å². The number of urea groups is 1. The molecule has 3 N–H and O–H groups in total. The topological polar surface area (TPSA) is 70.2 Å². The SMILES string of the molecule is C=C/C=C\C(=C/C)C1(NCC)CCC2(CC1)NC(=O)NC2=O. The number of likely N-dealkylation sites (N-methyl/N-ethyl adjacent to an activating group) is 1. The first-order chi connectivity index (χ1) is 10.5. The third-order valence-corrected chi connectivity index (χ3v) is 4.76. The standard InChI is InChI=1S/C17H25N3O2/c1-4-7-8-13(5-2)16(18-6-3)9-11-17(12-10-16)14(21)19-15(22)20-17/h4-5,7-8,18H,1,6,9-12H2,2-3H3,(H2,19,20,21,22)/b8-7-,13-5+. The van der Waals surface area contributed by atoms with E-state index in [9.17, 15) is 9.59 Å². The smallest absolute Gasteiger partial charge is 0.322 e. The molecule has 0 aromatic heterocycles. The normalized spacial score (nSPS) is 32.4. The Kier molecular flexibility index (Phi) is 4.86. The van der Waals surface area contributed by atoms with Gasteiger partial charge in [0, 0.05) is 5.54 Å². The number of rotatable bonds is 5. The van der Waals surface area contributed by atoms with Gasteiger partial charge in [-0.1, -0.05) is 37.8 Å². The summed E-state index contributed by atoms with van der Waals surface area (Å²) in [6.07, 6.45) is 10.7. The van der Waals surface area contributed by atoms with Crippen LogP contribution in [0.25, 0.3) is 0 Å². The number of carbonyl (C=O) groups is 2. The Hall–Kier alpha value is -1.88. The number of hydrogen-bond acceptors (Lipinski definition) is 3. The van der Waals surface area contributed by atoms with Gasteiger partial charge < -0.3 is 10.6 Å². The van der Waals surface area contributed by atoms with Crippen LogP contribution in [-0.4, -0.2) is 29.6 Å². The summed E-state index contributed by atoms with van der Waals surface area (Å²) in [5.74, 6) is -0.189. The van der Waals surface area contributed by atoms with Crippen molar-refractivity contribution in [2.24, 2.45) is 0 Å². The predicted octanol–water partition coefficient (Wildman–Crippen LogP) is 2.18. The molecule has 2 fully saturated rings. The third kappa shape index (κ3) is 2.86. The summed E-state index contributed by atoms with van der Waals surface area (Å²) in [7, 11) is 0. The lowest BCUT2D eigenvalue weighted by Gasteiger charge is -2.45. The van der Waals surface area contributed by atoms with Crippen LogP contribution < -0.4 is 16.0 Å². The van der Waals surface area contributed by atoms with Crippen molar-refractivity contribution in [2.45, 2.75) is 50.6 Å². The number of amides is 3. The number of imide groups is 1. The van der Waals surface area contributed by atoms with Crippen LogP contribution in [0.2, 0.25) is 0 Å². The molecular formula is C17H25N3O2. The van der Waals surface area contributed by atoms with E-state index in [0.29, 0.717) is 12.8 Å². The Balaban J connectivity index is 2.22. The Morgan fingerprint density at radius 2 is 2.00 bits per heavy atom. The quantitative estimate of drug-likeness (QED) is 0.538. The van der Waals surface area contributed by atoms with E-state index in [1.807, 2.05) is 13.0 Å². The number of hydrogen-bond donors (Lipinski definition) is 3. The summed E-state index contributed by atoms with van der Waals surface area (Å²) in [4.78, 5) is 23.5. The summed E-state index contributed by atoms with van der Waals surface area (Å²) in [6, 6.07) is -0.376. The van der Waals surface area contributed by atoms with Gasteiger partial charge in [0.05, 0.1) is 0 Å². The van der Waals surface area contributed by atoms with Gasteiger partial charge in [0.25, 0.3) is 5.91 Å². The largest absolute Gasteiger partial charge is 0.323 e. The van der Waals surface area contributed by atoms with Crippen molar-refractivity contribution in [1.29, 1.82) is 0 Å². The van der Waals surface area contributed by atoms with Gasteiger partial charge in [-0.3, -0.25) is 10.1 Å². The molecule has 1 saturated heterocycles. The van der Waals surface area contributed by atoms with Crippen LogP contribution in [0.5, 0.6) is 0 Å². The fourth-order valence-corrected chi connectivity index (χ4v) is 3.59. The van der Waals surface area contributed by atoms with Crippen molar-refractivity contribution >= 4 is 11.9 Å². The predicted molar refractivity (Wildman–Crippen MR) is 87.4 cm³/mol. The fraction of sp³-hybridized carbons (Fsp3) is 0.529. The summed E-state index contributed by atoms with van der Waals surface area (Å²) in [6.45, 7) is 8.68.